The first-order chi connectivity index (χ1) is 16.8. The van der Waals surface area contributed by atoms with Crippen LogP contribution in [-0.2, 0) is 16.6 Å². The molecule has 3 atom stereocenters. The Labute approximate surface area is 207 Å². The normalized spacial score (nSPS) is 20.9. The number of ether oxygens (including phenoxy) is 1. The zero-order chi connectivity index (χ0) is 25.0. The van der Waals surface area contributed by atoms with Gasteiger partial charge in [-0.25, -0.2) is 18.4 Å². The average Bonchev–Trinajstić information content (AvgIpc) is 2.86. The third kappa shape index (κ3) is 5.70. The largest absolute Gasteiger partial charge is 0.487 e. The highest BCUT2D eigenvalue weighted by atomic mass is 32.2. The lowest BCUT2D eigenvalue weighted by atomic mass is 10.0. The standard InChI is InChI=1S/C26H32N4O4S/c1-19-14-30(20(2)17-31)35(32,33)26-10-9-23(22-7-5-4-6-8-22)11-24(26)34-25(19)16-29(3)15-21-12-27-18-28-13-21/h4-13,18-20,25,31H,14-17H2,1-3H3/t19-,20-,25+/m0/s1. The Hall–Kier alpha value is -2.85. The minimum absolute atomic E-state index is 0.119. The van der Waals surface area contributed by atoms with E-state index in [1.54, 1.807) is 37.5 Å². The second-order valence-electron chi connectivity index (χ2n) is 9.21. The van der Waals surface area contributed by atoms with Gasteiger partial charge in [-0.3, -0.25) is 4.90 Å². The Morgan fingerprint density at radius 1 is 1.14 bits per heavy atom. The first-order valence-electron chi connectivity index (χ1n) is 11.7. The number of likely N-dealkylation sites (N-methyl/N-ethyl adjacent to an activating group) is 1. The minimum atomic E-state index is -3.87. The predicted octanol–water partition coefficient (Wildman–Crippen LogP) is 3.04. The molecule has 0 bridgehead atoms. The van der Waals surface area contributed by atoms with Gasteiger partial charge in [0, 0.05) is 49.6 Å². The Bertz CT molecular complexity index is 1220. The Morgan fingerprint density at radius 2 is 1.86 bits per heavy atom. The molecule has 2 aromatic carbocycles. The molecule has 4 rings (SSSR count). The summed E-state index contributed by atoms with van der Waals surface area (Å²) in [6.07, 6.45) is 4.79. The summed E-state index contributed by atoms with van der Waals surface area (Å²) in [4.78, 5) is 10.4. The molecule has 0 aliphatic carbocycles. The summed E-state index contributed by atoms with van der Waals surface area (Å²) in [6, 6.07) is 14.5. The molecule has 1 aromatic heterocycles. The van der Waals surface area contributed by atoms with Crippen molar-refractivity contribution in [2.75, 3.05) is 26.7 Å². The molecule has 0 amide bonds. The molecule has 0 radical (unpaired) electrons. The number of hydrogen-bond acceptors (Lipinski definition) is 7. The van der Waals surface area contributed by atoms with Crippen LogP contribution in [0.25, 0.3) is 11.1 Å². The summed E-state index contributed by atoms with van der Waals surface area (Å²) in [6.45, 7) is 4.91. The van der Waals surface area contributed by atoms with Crippen LogP contribution in [0.5, 0.6) is 5.75 Å². The lowest BCUT2D eigenvalue weighted by Crippen LogP contribution is -2.49. The molecule has 1 aliphatic heterocycles. The third-order valence-corrected chi connectivity index (χ3v) is 8.35. The minimum Gasteiger partial charge on any atom is -0.487 e. The van der Waals surface area contributed by atoms with E-state index in [2.05, 4.69) is 14.9 Å². The van der Waals surface area contributed by atoms with E-state index in [0.717, 1.165) is 16.7 Å². The van der Waals surface area contributed by atoms with Gasteiger partial charge in [0.15, 0.2) is 0 Å². The van der Waals surface area contributed by atoms with Gasteiger partial charge < -0.3 is 9.84 Å². The molecule has 8 nitrogen and oxygen atoms in total. The maximum Gasteiger partial charge on any atom is 0.247 e. The third-order valence-electron chi connectivity index (χ3n) is 6.33. The second-order valence-corrected chi connectivity index (χ2v) is 11.1. The van der Waals surface area contributed by atoms with Crippen LogP contribution in [0.4, 0.5) is 0 Å². The van der Waals surface area contributed by atoms with Gasteiger partial charge in [-0.2, -0.15) is 4.31 Å². The molecule has 2 heterocycles. The van der Waals surface area contributed by atoms with Gasteiger partial charge in [0.25, 0.3) is 0 Å². The van der Waals surface area contributed by atoms with Crippen LogP contribution < -0.4 is 4.74 Å². The Balaban J connectivity index is 1.72. The summed E-state index contributed by atoms with van der Waals surface area (Å²) in [7, 11) is -1.87. The number of benzene rings is 2. The molecule has 0 spiro atoms. The van der Waals surface area contributed by atoms with Crippen LogP contribution in [0.15, 0.2) is 72.1 Å². The lowest BCUT2D eigenvalue weighted by Gasteiger charge is -2.37. The van der Waals surface area contributed by atoms with Gasteiger partial charge in [-0.15, -0.1) is 0 Å². The maximum absolute atomic E-state index is 13.7. The van der Waals surface area contributed by atoms with Crippen LogP contribution in [-0.4, -0.2) is 71.6 Å². The van der Waals surface area contributed by atoms with Crippen molar-refractivity contribution < 1.29 is 18.3 Å². The van der Waals surface area contributed by atoms with Crippen LogP contribution in [0.3, 0.4) is 0 Å². The number of nitrogens with zero attached hydrogens (tertiary/aromatic N) is 4. The quantitative estimate of drug-likeness (QED) is 0.537. The van der Waals surface area contributed by atoms with E-state index in [4.69, 9.17) is 4.74 Å². The molecule has 0 unspecified atom stereocenters. The molecule has 0 fully saturated rings. The van der Waals surface area contributed by atoms with Crippen LogP contribution in [0.1, 0.15) is 19.4 Å². The SMILES string of the molecule is C[C@H]1CN([C@@H](C)CO)S(=O)(=O)c2ccc(-c3ccccc3)cc2O[C@@H]1CN(C)Cc1cncnc1. The van der Waals surface area contributed by atoms with Crippen LogP contribution in [0.2, 0.25) is 0 Å². The fraction of sp³-hybridized carbons (Fsp3) is 0.385. The number of aliphatic hydroxyl groups excluding tert-OH is 1. The van der Waals surface area contributed by atoms with Crippen molar-refractivity contribution in [3.05, 3.63) is 72.8 Å². The fourth-order valence-corrected chi connectivity index (χ4v) is 6.17. The molecule has 35 heavy (non-hydrogen) atoms. The maximum atomic E-state index is 13.7. The summed E-state index contributed by atoms with van der Waals surface area (Å²) in [5, 5.41) is 9.83. The lowest BCUT2D eigenvalue weighted by molar-refractivity contribution is 0.0733. The molecule has 1 N–H and O–H groups in total. The predicted molar refractivity (Wildman–Crippen MR) is 134 cm³/mol. The highest BCUT2D eigenvalue weighted by Crippen LogP contribution is 2.36. The number of sulfonamides is 1. The van der Waals surface area contributed by atoms with Crippen molar-refractivity contribution in [3.63, 3.8) is 0 Å². The summed E-state index contributed by atoms with van der Waals surface area (Å²) in [5.74, 6) is 0.205. The van der Waals surface area contributed by atoms with Crippen molar-refractivity contribution in [3.8, 4) is 16.9 Å². The number of aliphatic hydroxyl groups is 1. The fourth-order valence-electron chi connectivity index (χ4n) is 4.35. The number of aromatic nitrogens is 2. The van der Waals surface area contributed by atoms with E-state index in [1.165, 1.54) is 10.6 Å². The number of rotatable bonds is 7. The Morgan fingerprint density at radius 3 is 2.54 bits per heavy atom. The van der Waals surface area contributed by atoms with Crippen LogP contribution >= 0.6 is 0 Å². The van der Waals surface area contributed by atoms with E-state index in [0.29, 0.717) is 18.8 Å². The van der Waals surface area contributed by atoms with Crippen molar-refractivity contribution in [1.82, 2.24) is 19.2 Å². The molecule has 9 heteroatoms. The summed E-state index contributed by atoms with van der Waals surface area (Å²) in [5.41, 5.74) is 2.84. The molecule has 0 saturated heterocycles. The monoisotopic (exact) mass is 496 g/mol. The number of hydrogen-bond donors (Lipinski definition) is 1. The van der Waals surface area contributed by atoms with Gasteiger partial charge in [0.2, 0.25) is 10.0 Å². The van der Waals surface area contributed by atoms with Gasteiger partial charge in [-0.1, -0.05) is 43.3 Å². The van der Waals surface area contributed by atoms with Gasteiger partial charge in [0.05, 0.1) is 6.61 Å². The van der Waals surface area contributed by atoms with E-state index >= 15 is 0 Å². The van der Waals surface area contributed by atoms with Crippen molar-refractivity contribution in [2.45, 2.75) is 37.4 Å². The first-order valence-corrected chi connectivity index (χ1v) is 13.1. The van der Waals surface area contributed by atoms with Crippen molar-refractivity contribution in [1.29, 1.82) is 0 Å². The highest BCUT2D eigenvalue weighted by Gasteiger charge is 2.38. The smallest absolute Gasteiger partial charge is 0.247 e. The molecular formula is C26H32N4O4S. The molecule has 3 aromatic rings. The summed E-state index contributed by atoms with van der Waals surface area (Å²) < 4.78 is 35.2. The topological polar surface area (TPSA) is 95.9 Å². The number of fused-ring (bicyclic) bond motifs is 1. The molecule has 0 saturated carbocycles. The first kappa shape index (κ1) is 25.2. The zero-order valence-electron chi connectivity index (χ0n) is 20.3. The van der Waals surface area contributed by atoms with E-state index < -0.39 is 16.1 Å². The van der Waals surface area contributed by atoms with Gasteiger partial charge in [0.1, 0.15) is 23.1 Å². The average molecular weight is 497 g/mol. The van der Waals surface area contributed by atoms with Crippen molar-refractivity contribution in [2.24, 2.45) is 5.92 Å². The van der Waals surface area contributed by atoms with Gasteiger partial charge >= 0.3 is 0 Å². The second kappa shape index (κ2) is 10.8. The highest BCUT2D eigenvalue weighted by molar-refractivity contribution is 7.89. The van der Waals surface area contributed by atoms with Gasteiger partial charge in [-0.05, 0) is 37.2 Å². The van der Waals surface area contributed by atoms with E-state index in [-0.39, 0.29) is 30.1 Å². The van der Waals surface area contributed by atoms with Crippen molar-refractivity contribution >= 4 is 10.0 Å². The summed E-state index contributed by atoms with van der Waals surface area (Å²) >= 11 is 0. The molecule has 186 valence electrons. The molecular weight excluding hydrogens is 464 g/mol. The molecule has 1 aliphatic rings. The zero-order valence-corrected chi connectivity index (χ0v) is 21.1. The van der Waals surface area contributed by atoms with E-state index in [1.807, 2.05) is 44.3 Å². The van der Waals surface area contributed by atoms with Crippen LogP contribution in [0, 0.1) is 5.92 Å². The Kier molecular flexibility index (Phi) is 7.81. The van der Waals surface area contributed by atoms with E-state index in [9.17, 15) is 13.5 Å².